The molecule has 1 fully saturated rings. The van der Waals surface area contributed by atoms with Gasteiger partial charge in [-0.15, -0.1) is 0 Å². The SMILES string of the molecule is CC/C=C/C/C=C/C/C=C/C/C=C/C/C=C/CCCC(=O)O[C@H](COC(=O)CCCC/C=C/C/C=C/C/C=C/C/C=C/CC)CO[C@@H]1O[C@H](CO)[C@H](O)C(O)C1O. The van der Waals surface area contributed by atoms with E-state index in [2.05, 4.69) is 117 Å². The third-order valence-electron chi connectivity index (χ3n) is 8.65. The zero-order valence-corrected chi connectivity index (χ0v) is 34.5. The lowest BCUT2D eigenvalue weighted by molar-refractivity contribution is -0.305. The highest BCUT2D eigenvalue weighted by Crippen LogP contribution is 2.22. The third-order valence-corrected chi connectivity index (χ3v) is 8.65. The van der Waals surface area contributed by atoms with Crippen LogP contribution in [0.15, 0.2) is 109 Å². The molecule has 0 amide bonds. The largest absolute Gasteiger partial charge is 0.462 e. The summed E-state index contributed by atoms with van der Waals surface area (Å²) in [6.07, 6.45) is 42.5. The fraction of sp³-hybridized carbons (Fsp3) is 0.574. The van der Waals surface area contributed by atoms with Crippen molar-refractivity contribution in [1.82, 2.24) is 0 Å². The Bertz CT molecular complexity index is 1290. The summed E-state index contributed by atoms with van der Waals surface area (Å²) in [5.74, 6) is -0.939. The molecule has 1 aliphatic rings. The number of carbonyl (C=O) groups is 2. The number of carbonyl (C=O) groups excluding carboxylic acids is 2. The van der Waals surface area contributed by atoms with Crippen LogP contribution in [0.25, 0.3) is 0 Å². The zero-order chi connectivity index (χ0) is 41.6. The van der Waals surface area contributed by atoms with Gasteiger partial charge in [-0.3, -0.25) is 9.59 Å². The number of unbranched alkanes of at least 4 members (excludes halogenated alkanes) is 3. The summed E-state index contributed by atoms with van der Waals surface area (Å²) in [6, 6.07) is 0. The first-order valence-corrected chi connectivity index (χ1v) is 21.0. The van der Waals surface area contributed by atoms with Gasteiger partial charge in [0.05, 0.1) is 13.2 Å². The molecule has 0 aromatic rings. The maximum Gasteiger partial charge on any atom is 0.306 e. The van der Waals surface area contributed by atoms with E-state index in [4.69, 9.17) is 18.9 Å². The number of aliphatic hydroxyl groups is 4. The molecule has 1 heterocycles. The van der Waals surface area contributed by atoms with E-state index < -0.39 is 55.4 Å². The Hall–Kier alpha value is -3.64. The highest BCUT2D eigenvalue weighted by Gasteiger charge is 2.44. The van der Waals surface area contributed by atoms with Crippen molar-refractivity contribution in [2.75, 3.05) is 19.8 Å². The first-order chi connectivity index (χ1) is 27.8. The van der Waals surface area contributed by atoms with Crippen molar-refractivity contribution in [2.45, 2.75) is 153 Å². The molecule has 0 saturated carbocycles. The molecule has 0 aliphatic carbocycles. The lowest BCUT2D eigenvalue weighted by Gasteiger charge is -2.39. The van der Waals surface area contributed by atoms with Crippen LogP contribution in [-0.2, 0) is 28.5 Å². The molecule has 2 unspecified atom stereocenters. The molecule has 6 atom stereocenters. The van der Waals surface area contributed by atoms with Crippen molar-refractivity contribution >= 4 is 11.9 Å². The Morgan fingerprint density at radius 2 is 0.982 bits per heavy atom. The van der Waals surface area contributed by atoms with Crippen molar-refractivity contribution in [2.24, 2.45) is 0 Å². The van der Waals surface area contributed by atoms with E-state index in [1.807, 2.05) is 6.08 Å². The highest BCUT2D eigenvalue weighted by atomic mass is 16.7. The number of hydrogen-bond acceptors (Lipinski definition) is 10. The minimum absolute atomic E-state index is 0.135. The van der Waals surface area contributed by atoms with Crippen LogP contribution in [0.1, 0.15) is 117 Å². The van der Waals surface area contributed by atoms with Crippen molar-refractivity contribution in [3.63, 3.8) is 0 Å². The lowest BCUT2D eigenvalue weighted by atomic mass is 9.99. The summed E-state index contributed by atoms with van der Waals surface area (Å²) < 4.78 is 22.0. The van der Waals surface area contributed by atoms with E-state index in [1.165, 1.54) is 0 Å². The van der Waals surface area contributed by atoms with Gasteiger partial charge in [-0.05, 0) is 89.9 Å². The minimum atomic E-state index is -1.62. The summed E-state index contributed by atoms with van der Waals surface area (Å²) in [5.41, 5.74) is 0. The molecule has 0 aromatic carbocycles. The number of aliphatic hydroxyl groups excluding tert-OH is 4. The molecule has 4 N–H and O–H groups in total. The molecule has 0 aromatic heterocycles. The molecule has 0 bridgehead atoms. The molecule has 10 heteroatoms. The zero-order valence-electron chi connectivity index (χ0n) is 34.5. The Labute approximate surface area is 342 Å². The van der Waals surface area contributed by atoms with Crippen LogP contribution in [0.2, 0.25) is 0 Å². The molecule has 57 heavy (non-hydrogen) atoms. The summed E-state index contributed by atoms with van der Waals surface area (Å²) in [6.45, 7) is 3.06. The van der Waals surface area contributed by atoms with Crippen LogP contribution >= 0.6 is 0 Å². The van der Waals surface area contributed by atoms with Crippen molar-refractivity contribution in [1.29, 1.82) is 0 Å². The van der Waals surface area contributed by atoms with Gasteiger partial charge in [-0.25, -0.2) is 0 Å². The van der Waals surface area contributed by atoms with Gasteiger partial charge in [-0.2, -0.15) is 0 Å². The molecule has 10 nitrogen and oxygen atoms in total. The van der Waals surface area contributed by atoms with Gasteiger partial charge in [0, 0.05) is 12.8 Å². The van der Waals surface area contributed by atoms with Crippen molar-refractivity contribution in [3.05, 3.63) is 109 Å². The van der Waals surface area contributed by atoms with Crippen molar-refractivity contribution < 1.29 is 49.0 Å². The first kappa shape index (κ1) is 51.4. The van der Waals surface area contributed by atoms with E-state index >= 15 is 0 Å². The summed E-state index contributed by atoms with van der Waals surface area (Å²) in [7, 11) is 0. The normalized spacial score (nSPS) is 21.4. The average Bonchev–Trinajstić information content (AvgIpc) is 3.21. The van der Waals surface area contributed by atoms with E-state index in [1.54, 1.807) is 0 Å². The standard InChI is InChI=1S/C47H72O10/c1-3-5-7-9-11-13-15-17-19-20-22-24-26-28-30-32-34-36-43(50)56-40(39-55-47-46(53)45(52)44(51)41(37-48)57-47)38-54-42(49)35-33-31-29-27-25-23-21-18-16-14-12-10-8-6-4-2/h5-8,11-14,17-19,21-22,24-25,27-28,30,40-41,44-48,51-53H,3-4,9-10,15-16,20,23,26,29,31-39H2,1-2H3/b7-5+,8-6+,13-11+,14-12+,19-17+,21-18+,24-22+,27-25+,30-28+/t40-,41-,44+,45?,46?,47-/m1/s1. The average molecular weight is 797 g/mol. The molecule has 1 rings (SSSR count). The van der Waals surface area contributed by atoms with Gasteiger partial charge in [0.2, 0.25) is 0 Å². The minimum Gasteiger partial charge on any atom is -0.462 e. The summed E-state index contributed by atoms with van der Waals surface area (Å²) in [5, 5.41) is 40.0. The van der Waals surface area contributed by atoms with E-state index in [0.29, 0.717) is 19.3 Å². The lowest BCUT2D eigenvalue weighted by Crippen LogP contribution is -2.59. The fourth-order valence-electron chi connectivity index (χ4n) is 5.39. The van der Waals surface area contributed by atoms with E-state index in [9.17, 15) is 30.0 Å². The maximum atomic E-state index is 12.7. The second-order valence-electron chi connectivity index (χ2n) is 13.7. The number of hydrogen-bond donors (Lipinski definition) is 4. The van der Waals surface area contributed by atoms with E-state index in [-0.39, 0.29) is 26.1 Å². The monoisotopic (exact) mass is 797 g/mol. The second-order valence-corrected chi connectivity index (χ2v) is 13.7. The smallest absolute Gasteiger partial charge is 0.306 e. The summed E-state index contributed by atoms with van der Waals surface area (Å²) >= 11 is 0. The number of rotatable bonds is 32. The number of ether oxygens (including phenoxy) is 4. The number of esters is 2. The maximum absolute atomic E-state index is 12.7. The Kier molecular flexibility index (Phi) is 33.1. The molecule has 0 spiro atoms. The van der Waals surface area contributed by atoms with Gasteiger partial charge in [0.25, 0.3) is 0 Å². The van der Waals surface area contributed by atoms with Gasteiger partial charge in [-0.1, -0.05) is 123 Å². The topological polar surface area (TPSA) is 152 Å². The molecule has 1 aliphatic heterocycles. The predicted molar refractivity (Wildman–Crippen MR) is 228 cm³/mol. The molecular weight excluding hydrogens is 725 g/mol. The predicted octanol–water partition coefficient (Wildman–Crippen LogP) is 8.55. The first-order valence-electron chi connectivity index (χ1n) is 21.0. The Morgan fingerprint density at radius 1 is 0.544 bits per heavy atom. The van der Waals surface area contributed by atoms with Gasteiger partial charge in [0.1, 0.15) is 31.0 Å². The molecular formula is C47H72O10. The molecule has 0 radical (unpaired) electrons. The quantitative estimate of drug-likeness (QED) is 0.0296. The van der Waals surface area contributed by atoms with Gasteiger partial charge in [0.15, 0.2) is 12.4 Å². The van der Waals surface area contributed by atoms with Crippen LogP contribution in [0, 0.1) is 0 Å². The summed E-state index contributed by atoms with van der Waals surface area (Å²) in [4.78, 5) is 25.2. The Morgan fingerprint density at radius 3 is 1.46 bits per heavy atom. The molecule has 320 valence electrons. The van der Waals surface area contributed by atoms with Gasteiger partial charge < -0.3 is 39.4 Å². The van der Waals surface area contributed by atoms with Crippen LogP contribution < -0.4 is 0 Å². The van der Waals surface area contributed by atoms with Crippen LogP contribution in [0.3, 0.4) is 0 Å². The molecule has 1 saturated heterocycles. The van der Waals surface area contributed by atoms with Crippen LogP contribution in [-0.4, -0.2) is 89.0 Å². The Balaban J connectivity index is 2.46. The number of allylic oxidation sites excluding steroid dienone is 18. The fourth-order valence-corrected chi connectivity index (χ4v) is 5.39. The van der Waals surface area contributed by atoms with E-state index in [0.717, 1.165) is 70.6 Å². The van der Waals surface area contributed by atoms with Crippen LogP contribution in [0.5, 0.6) is 0 Å². The van der Waals surface area contributed by atoms with Crippen molar-refractivity contribution in [3.8, 4) is 0 Å². The van der Waals surface area contributed by atoms with Crippen LogP contribution in [0.4, 0.5) is 0 Å². The third kappa shape index (κ3) is 28.4. The van der Waals surface area contributed by atoms with Gasteiger partial charge >= 0.3 is 11.9 Å². The second kappa shape index (κ2) is 36.7. The highest BCUT2D eigenvalue weighted by molar-refractivity contribution is 5.70.